The van der Waals surface area contributed by atoms with E-state index in [2.05, 4.69) is 5.16 Å². The summed E-state index contributed by atoms with van der Waals surface area (Å²) in [6, 6.07) is 4.27. The van der Waals surface area contributed by atoms with E-state index in [1.54, 1.807) is 13.0 Å². The molecular formula is C12H17FN2O2S. The fraction of sp³-hybridized carbons (Fsp3) is 0.417. The van der Waals surface area contributed by atoms with Crippen LogP contribution in [0.3, 0.4) is 0 Å². The second-order valence-electron chi connectivity index (χ2n) is 4.09. The van der Waals surface area contributed by atoms with Crippen molar-refractivity contribution in [1.29, 1.82) is 0 Å². The summed E-state index contributed by atoms with van der Waals surface area (Å²) in [6.45, 7) is 3.62. The number of nitrogens with zero attached hydrogens (tertiary/aromatic N) is 1. The van der Waals surface area contributed by atoms with Crippen LogP contribution < -0.4 is 5.73 Å². The van der Waals surface area contributed by atoms with Gasteiger partial charge in [-0.2, -0.15) is 11.8 Å². The third-order valence-electron chi connectivity index (χ3n) is 2.55. The molecule has 2 atom stereocenters. The highest BCUT2D eigenvalue weighted by Gasteiger charge is 2.10. The van der Waals surface area contributed by atoms with E-state index in [9.17, 15) is 9.50 Å². The minimum absolute atomic E-state index is 0.0561. The molecule has 0 bridgehead atoms. The number of nitrogens with two attached hydrogens (primary N) is 1. The lowest BCUT2D eigenvalue weighted by molar-refractivity contribution is 0.196. The van der Waals surface area contributed by atoms with Crippen molar-refractivity contribution in [2.24, 2.45) is 10.9 Å². The summed E-state index contributed by atoms with van der Waals surface area (Å²) in [5.74, 6) is -0.000981. The van der Waals surface area contributed by atoms with Crippen LogP contribution in [0.5, 0.6) is 0 Å². The molecule has 0 spiro atoms. The Morgan fingerprint density at radius 1 is 1.44 bits per heavy atom. The fourth-order valence-electron chi connectivity index (χ4n) is 1.31. The number of oxime groups is 1. The van der Waals surface area contributed by atoms with Crippen LogP contribution in [0.15, 0.2) is 23.4 Å². The van der Waals surface area contributed by atoms with Gasteiger partial charge in [0.1, 0.15) is 5.82 Å². The van der Waals surface area contributed by atoms with Gasteiger partial charge < -0.3 is 16.0 Å². The SMILES string of the molecule is CC(O)C(C)SCc1cc(F)cc(/C(N)=N/O)c1. The standard InChI is InChI=1S/C12H17FN2O2S/c1-7(16)8(2)18-6-9-3-10(12(14)15-17)5-11(13)4-9/h3-5,7-8,16-17H,6H2,1-2H3,(H2,14,15). The van der Waals surface area contributed by atoms with Crippen molar-refractivity contribution < 1.29 is 14.7 Å². The lowest BCUT2D eigenvalue weighted by atomic mass is 10.1. The molecule has 6 heteroatoms. The highest BCUT2D eigenvalue weighted by atomic mass is 32.2. The molecule has 0 saturated carbocycles. The number of thioether (sulfide) groups is 1. The van der Waals surface area contributed by atoms with Gasteiger partial charge in [0.15, 0.2) is 5.84 Å². The van der Waals surface area contributed by atoms with Gasteiger partial charge in [0.25, 0.3) is 0 Å². The maximum atomic E-state index is 13.4. The van der Waals surface area contributed by atoms with Gasteiger partial charge in [-0.1, -0.05) is 12.1 Å². The Morgan fingerprint density at radius 2 is 2.11 bits per heavy atom. The van der Waals surface area contributed by atoms with E-state index >= 15 is 0 Å². The molecule has 18 heavy (non-hydrogen) atoms. The van der Waals surface area contributed by atoms with Crippen molar-refractivity contribution in [3.8, 4) is 0 Å². The van der Waals surface area contributed by atoms with Crippen molar-refractivity contribution in [2.45, 2.75) is 31.0 Å². The molecular weight excluding hydrogens is 255 g/mol. The lowest BCUT2D eigenvalue weighted by Gasteiger charge is -2.14. The Balaban J connectivity index is 2.81. The van der Waals surface area contributed by atoms with Crippen molar-refractivity contribution >= 4 is 17.6 Å². The number of amidine groups is 1. The smallest absolute Gasteiger partial charge is 0.170 e. The van der Waals surface area contributed by atoms with Crippen LogP contribution in [0.25, 0.3) is 0 Å². The summed E-state index contributed by atoms with van der Waals surface area (Å²) in [5, 5.41) is 20.8. The van der Waals surface area contributed by atoms with E-state index in [1.807, 2.05) is 6.92 Å². The molecule has 0 aliphatic carbocycles. The molecule has 2 unspecified atom stereocenters. The molecule has 0 aliphatic rings. The Hall–Kier alpha value is -1.27. The summed E-state index contributed by atoms with van der Waals surface area (Å²) >= 11 is 1.51. The van der Waals surface area contributed by atoms with Crippen LogP contribution in [-0.2, 0) is 5.75 Å². The number of halogens is 1. The van der Waals surface area contributed by atoms with Crippen LogP contribution >= 0.6 is 11.8 Å². The van der Waals surface area contributed by atoms with Gasteiger partial charge in [-0.05, 0) is 30.7 Å². The lowest BCUT2D eigenvalue weighted by Crippen LogP contribution is -2.16. The van der Waals surface area contributed by atoms with E-state index in [-0.39, 0.29) is 11.1 Å². The van der Waals surface area contributed by atoms with Crippen LogP contribution in [0.2, 0.25) is 0 Å². The number of aliphatic hydroxyl groups excluding tert-OH is 1. The Kier molecular flexibility index (Phi) is 5.43. The van der Waals surface area contributed by atoms with Gasteiger partial charge in [-0.25, -0.2) is 4.39 Å². The third-order valence-corrected chi connectivity index (χ3v) is 3.97. The van der Waals surface area contributed by atoms with Gasteiger partial charge >= 0.3 is 0 Å². The quantitative estimate of drug-likeness (QED) is 0.331. The summed E-state index contributed by atoms with van der Waals surface area (Å²) in [5.41, 5.74) is 6.50. The Bertz CT molecular complexity index is 438. The fourth-order valence-corrected chi connectivity index (χ4v) is 2.21. The molecule has 1 rings (SSSR count). The van der Waals surface area contributed by atoms with Crippen molar-refractivity contribution in [2.75, 3.05) is 0 Å². The summed E-state index contributed by atoms with van der Waals surface area (Å²) < 4.78 is 13.4. The molecule has 0 amide bonds. The van der Waals surface area contributed by atoms with Crippen molar-refractivity contribution in [3.63, 3.8) is 0 Å². The number of hydrogen-bond donors (Lipinski definition) is 3. The monoisotopic (exact) mass is 272 g/mol. The van der Waals surface area contributed by atoms with E-state index in [4.69, 9.17) is 10.9 Å². The van der Waals surface area contributed by atoms with E-state index in [1.165, 1.54) is 23.9 Å². The predicted molar refractivity (Wildman–Crippen MR) is 71.3 cm³/mol. The molecule has 4 N–H and O–H groups in total. The van der Waals surface area contributed by atoms with E-state index in [0.29, 0.717) is 11.3 Å². The zero-order valence-corrected chi connectivity index (χ0v) is 11.1. The van der Waals surface area contributed by atoms with Gasteiger partial charge in [-0.3, -0.25) is 0 Å². The molecule has 0 aromatic heterocycles. The second-order valence-corrected chi connectivity index (χ2v) is 5.46. The summed E-state index contributed by atoms with van der Waals surface area (Å²) in [7, 11) is 0. The number of benzene rings is 1. The molecule has 0 saturated heterocycles. The largest absolute Gasteiger partial charge is 0.409 e. The Labute approximate surface area is 110 Å². The maximum Gasteiger partial charge on any atom is 0.170 e. The molecule has 1 aromatic carbocycles. The third kappa shape index (κ3) is 4.19. The zero-order valence-electron chi connectivity index (χ0n) is 10.3. The highest BCUT2D eigenvalue weighted by molar-refractivity contribution is 7.99. The number of aliphatic hydroxyl groups is 1. The molecule has 0 fully saturated rings. The minimum Gasteiger partial charge on any atom is -0.409 e. The van der Waals surface area contributed by atoms with Gasteiger partial charge in [0.2, 0.25) is 0 Å². The first kappa shape index (κ1) is 14.8. The molecule has 0 aliphatic heterocycles. The zero-order chi connectivity index (χ0) is 13.7. The van der Waals surface area contributed by atoms with Crippen LogP contribution in [0.1, 0.15) is 25.0 Å². The van der Waals surface area contributed by atoms with Gasteiger partial charge in [0.05, 0.1) is 6.10 Å². The first-order valence-corrected chi connectivity index (χ1v) is 6.56. The van der Waals surface area contributed by atoms with Crippen LogP contribution in [-0.4, -0.2) is 27.5 Å². The van der Waals surface area contributed by atoms with Crippen LogP contribution in [0, 0.1) is 5.82 Å². The number of hydrogen-bond acceptors (Lipinski definition) is 4. The summed E-state index contributed by atoms with van der Waals surface area (Å²) in [6.07, 6.45) is -0.424. The molecule has 0 heterocycles. The first-order chi connectivity index (χ1) is 8.43. The maximum absolute atomic E-state index is 13.4. The summed E-state index contributed by atoms with van der Waals surface area (Å²) in [4.78, 5) is 0. The van der Waals surface area contributed by atoms with Crippen molar-refractivity contribution in [3.05, 3.63) is 35.1 Å². The van der Waals surface area contributed by atoms with Crippen LogP contribution in [0.4, 0.5) is 4.39 Å². The average Bonchev–Trinajstić information content (AvgIpc) is 2.34. The molecule has 4 nitrogen and oxygen atoms in total. The highest BCUT2D eigenvalue weighted by Crippen LogP contribution is 2.21. The topological polar surface area (TPSA) is 78.8 Å². The predicted octanol–water partition coefficient (Wildman–Crippen LogP) is 1.92. The molecule has 0 radical (unpaired) electrons. The van der Waals surface area contributed by atoms with E-state index in [0.717, 1.165) is 5.56 Å². The molecule has 100 valence electrons. The van der Waals surface area contributed by atoms with Crippen molar-refractivity contribution in [1.82, 2.24) is 0 Å². The van der Waals surface area contributed by atoms with Gasteiger partial charge in [-0.15, -0.1) is 0 Å². The molecule has 1 aromatic rings. The Morgan fingerprint density at radius 3 is 2.67 bits per heavy atom. The minimum atomic E-state index is -0.431. The average molecular weight is 272 g/mol. The van der Waals surface area contributed by atoms with E-state index < -0.39 is 11.9 Å². The van der Waals surface area contributed by atoms with Gasteiger partial charge in [0, 0.05) is 16.6 Å². The first-order valence-electron chi connectivity index (χ1n) is 5.51. The normalized spacial score (nSPS) is 15.4. The number of rotatable bonds is 5. The second kappa shape index (κ2) is 6.61.